The van der Waals surface area contributed by atoms with E-state index in [0.29, 0.717) is 18.0 Å². The maximum atomic E-state index is 12.3. The van der Waals surface area contributed by atoms with E-state index < -0.39 is 10.0 Å². The second kappa shape index (κ2) is 5.65. The van der Waals surface area contributed by atoms with E-state index >= 15 is 0 Å². The van der Waals surface area contributed by atoms with Crippen molar-refractivity contribution in [3.8, 4) is 5.75 Å². The first kappa shape index (κ1) is 15.8. The summed E-state index contributed by atoms with van der Waals surface area (Å²) in [5.41, 5.74) is 0.503. The maximum absolute atomic E-state index is 12.3. The normalized spacial score (nSPS) is 18.3. The monoisotopic (exact) mass is 312 g/mol. The molecule has 1 aliphatic rings. The number of rotatable bonds is 3. The van der Waals surface area contributed by atoms with Gasteiger partial charge in [-0.15, -0.1) is 0 Å². The molecule has 1 aromatic carbocycles. The van der Waals surface area contributed by atoms with Gasteiger partial charge in [0.15, 0.2) is 0 Å². The Bertz CT molecular complexity index is 655. The van der Waals surface area contributed by atoms with E-state index in [2.05, 4.69) is 4.72 Å². The Hall–Kier alpha value is -1.60. The predicted molar refractivity (Wildman–Crippen MR) is 80.0 cm³/mol. The van der Waals surface area contributed by atoms with Gasteiger partial charge >= 0.3 is 0 Å². The van der Waals surface area contributed by atoms with Crippen LogP contribution in [-0.2, 0) is 14.8 Å². The van der Waals surface area contributed by atoms with Crippen LogP contribution in [-0.4, -0.2) is 34.0 Å². The minimum absolute atomic E-state index is 0.0506. The molecule has 1 aliphatic heterocycles. The van der Waals surface area contributed by atoms with E-state index in [1.807, 2.05) is 20.8 Å². The van der Waals surface area contributed by atoms with Gasteiger partial charge in [-0.05, 0) is 32.2 Å². The van der Waals surface area contributed by atoms with E-state index in [0.717, 1.165) is 0 Å². The predicted octanol–water partition coefficient (Wildman–Crippen LogP) is 1.36. The summed E-state index contributed by atoms with van der Waals surface area (Å²) in [6.07, 6.45) is -0.132. The number of ether oxygens (including phenoxy) is 1. The zero-order valence-corrected chi connectivity index (χ0v) is 13.4. The summed E-state index contributed by atoms with van der Waals surface area (Å²) in [6, 6.07) is 4.55. The largest absolute Gasteiger partial charge is 0.487 e. The average molecular weight is 312 g/mol. The lowest BCUT2D eigenvalue weighted by atomic mass is 10.1. The van der Waals surface area contributed by atoms with Crippen LogP contribution in [0.5, 0.6) is 5.75 Å². The Morgan fingerprint density at radius 1 is 1.43 bits per heavy atom. The quantitative estimate of drug-likeness (QED) is 0.914. The standard InChI is InChI=1S/C14H20N2O4S/c1-9(2)14(17)16-8-10(3)20-13-6-5-11(7-12(13)16)21(18,19)15-4/h5-7,9-10,15H,8H2,1-4H3. The minimum atomic E-state index is -3.56. The molecule has 1 aromatic rings. The third-order valence-electron chi connectivity index (χ3n) is 3.33. The molecule has 116 valence electrons. The number of fused-ring (bicyclic) bond motifs is 1. The fraction of sp³-hybridized carbons (Fsp3) is 0.500. The summed E-state index contributed by atoms with van der Waals surface area (Å²) >= 11 is 0. The summed E-state index contributed by atoms with van der Waals surface area (Å²) in [5, 5.41) is 0. The SMILES string of the molecule is CNS(=O)(=O)c1ccc2c(c1)N(C(=O)C(C)C)CC(C)O2. The van der Waals surface area contributed by atoms with Crippen LogP contribution in [0.1, 0.15) is 20.8 Å². The van der Waals surface area contributed by atoms with Crippen molar-refractivity contribution >= 4 is 21.6 Å². The van der Waals surface area contributed by atoms with E-state index in [-0.39, 0.29) is 22.8 Å². The van der Waals surface area contributed by atoms with E-state index in [1.54, 1.807) is 11.0 Å². The van der Waals surface area contributed by atoms with Crippen molar-refractivity contribution < 1.29 is 17.9 Å². The summed E-state index contributed by atoms with van der Waals surface area (Å²) in [4.78, 5) is 14.1. The molecule has 0 saturated carbocycles. The molecule has 0 fully saturated rings. The lowest BCUT2D eigenvalue weighted by molar-refractivity contribution is -0.121. The smallest absolute Gasteiger partial charge is 0.240 e. The molecule has 1 N–H and O–H groups in total. The highest BCUT2D eigenvalue weighted by Gasteiger charge is 2.30. The molecule has 6 nitrogen and oxygen atoms in total. The van der Waals surface area contributed by atoms with Crippen molar-refractivity contribution in [1.82, 2.24) is 4.72 Å². The molecule has 0 saturated heterocycles. The molecule has 0 bridgehead atoms. The fourth-order valence-corrected chi connectivity index (χ4v) is 2.97. The van der Waals surface area contributed by atoms with Gasteiger partial charge in [-0.1, -0.05) is 13.8 Å². The molecule has 1 unspecified atom stereocenters. The van der Waals surface area contributed by atoms with Gasteiger partial charge in [0, 0.05) is 5.92 Å². The molecule has 1 amide bonds. The molecule has 2 rings (SSSR count). The lowest BCUT2D eigenvalue weighted by Gasteiger charge is -2.34. The highest BCUT2D eigenvalue weighted by atomic mass is 32.2. The van der Waals surface area contributed by atoms with Crippen molar-refractivity contribution in [3.63, 3.8) is 0 Å². The van der Waals surface area contributed by atoms with Gasteiger partial charge in [-0.2, -0.15) is 0 Å². The van der Waals surface area contributed by atoms with Gasteiger partial charge < -0.3 is 9.64 Å². The molecule has 21 heavy (non-hydrogen) atoms. The van der Waals surface area contributed by atoms with Crippen LogP contribution < -0.4 is 14.4 Å². The Morgan fingerprint density at radius 2 is 2.10 bits per heavy atom. The van der Waals surface area contributed by atoms with Crippen LogP contribution >= 0.6 is 0 Å². The number of hydrogen-bond donors (Lipinski definition) is 1. The minimum Gasteiger partial charge on any atom is -0.487 e. The molecular formula is C14H20N2O4S. The number of amides is 1. The first-order valence-electron chi connectivity index (χ1n) is 6.82. The van der Waals surface area contributed by atoms with E-state index in [1.165, 1.54) is 19.2 Å². The van der Waals surface area contributed by atoms with Crippen LogP contribution in [0.3, 0.4) is 0 Å². The number of hydrogen-bond acceptors (Lipinski definition) is 4. The van der Waals surface area contributed by atoms with Crippen LogP contribution in [0.2, 0.25) is 0 Å². The van der Waals surface area contributed by atoms with Crippen molar-refractivity contribution in [2.45, 2.75) is 31.8 Å². The summed E-state index contributed by atoms with van der Waals surface area (Å²) in [5.74, 6) is 0.302. The molecular weight excluding hydrogens is 292 g/mol. The molecule has 0 radical (unpaired) electrons. The summed E-state index contributed by atoms with van der Waals surface area (Å²) in [6.45, 7) is 5.92. The topological polar surface area (TPSA) is 75.7 Å². The highest BCUT2D eigenvalue weighted by Crippen LogP contribution is 2.36. The molecule has 0 aromatic heterocycles. The Kier molecular flexibility index (Phi) is 4.25. The van der Waals surface area contributed by atoms with Gasteiger partial charge in [-0.25, -0.2) is 13.1 Å². The average Bonchev–Trinajstić information content (AvgIpc) is 2.44. The van der Waals surface area contributed by atoms with Crippen molar-refractivity contribution in [2.24, 2.45) is 5.92 Å². The maximum Gasteiger partial charge on any atom is 0.240 e. The molecule has 1 atom stereocenters. The Labute approximate surface area is 125 Å². The van der Waals surface area contributed by atoms with Crippen molar-refractivity contribution in [1.29, 1.82) is 0 Å². The highest BCUT2D eigenvalue weighted by molar-refractivity contribution is 7.89. The van der Waals surface area contributed by atoms with E-state index in [9.17, 15) is 13.2 Å². The number of carbonyl (C=O) groups is 1. The third-order valence-corrected chi connectivity index (χ3v) is 4.74. The van der Waals surface area contributed by atoms with Gasteiger partial charge in [0.05, 0.1) is 17.1 Å². The summed E-state index contributed by atoms with van der Waals surface area (Å²) < 4.78 is 31.8. The van der Waals surface area contributed by atoms with Gasteiger partial charge in [0.25, 0.3) is 0 Å². The second-order valence-corrected chi connectivity index (χ2v) is 7.26. The molecule has 7 heteroatoms. The number of carbonyl (C=O) groups excluding carboxylic acids is 1. The Morgan fingerprint density at radius 3 is 2.67 bits per heavy atom. The second-order valence-electron chi connectivity index (χ2n) is 5.37. The fourth-order valence-electron chi connectivity index (χ4n) is 2.22. The lowest BCUT2D eigenvalue weighted by Crippen LogP contribution is -2.44. The summed E-state index contributed by atoms with van der Waals surface area (Å²) in [7, 11) is -2.21. The number of anilines is 1. The molecule has 0 aliphatic carbocycles. The zero-order chi connectivity index (χ0) is 15.8. The van der Waals surface area contributed by atoms with Crippen LogP contribution in [0.25, 0.3) is 0 Å². The molecule has 0 spiro atoms. The zero-order valence-electron chi connectivity index (χ0n) is 12.6. The van der Waals surface area contributed by atoms with Gasteiger partial charge in [-0.3, -0.25) is 4.79 Å². The first-order chi connectivity index (χ1) is 9.76. The number of sulfonamides is 1. The van der Waals surface area contributed by atoms with Crippen molar-refractivity contribution in [2.75, 3.05) is 18.5 Å². The van der Waals surface area contributed by atoms with Crippen LogP contribution in [0.15, 0.2) is 23.1 Å². The van der Waals surface area contributed by atoms with Crippen LogP contribution in [0, 0.1) is 5.92 Å². The van der Waals surface area contributed by atoms with Gasteiger partial charge in [0.1, 0.15) is 11.9 Å². The number of nitrogens with one attached hydrogen (secondary N) is 1. The first-order valence-corrected chi connectivity index (χ1v) is 8.30. The third kappa shape index (κ3) is 3.03. The van der Waals surface area contributed by atoms with Crippen molar-refractivity contribution in [3.05, 3.63) is 18.2 Å². The Balaban J connectivity index is 2.53. The molecule has 1 heterocycles. The number of benzene rings is 1. The van der Waals surface area contributed by atoms with Gasteiger partial charge in [0.2, 0.25) is 15.9 Å². The van der Waals surface area contributed by atoms with E-state index in [4.69, 9.17) is 4.74 Å². The van der Waals surface area contributed by atoms with Crippen LogP contribution in [0.4, 0.5) is 5.69 Å². The number of nitrogens with zero attached hydrogens (tertiary/aromatic N) is 1.